The highest BCUT2D eigenvalue weighted by molar-refractivity contribution is 7.09. The third kappa shape index (κ3) is 2.84. The number of nitrogens with zero attached hydrogens (tertiary/aromatic N) is 1. The highest BCUT2D eigenvalue weighted by Crippen LogP contribution is 2.39. The first-order valence-electron chi connectivity index (χ1n) is 7.09. The topological polar surface area (TPSA) is 29.5 Å². The molecule has 3 nitrogen and oxygen atoms in total. The number of fused-ring (bicyclic) bond motifs is 1. The minimum absolute atomic E-state index is 0.330. The fourth-order valence-electron chi connectivity index (χ4n) is 3.48. The number of methoxy groups -OCH3 is 1. The lowest BCUT2D eigenvalue weighted by Crippen LogP contribution is -2.30. The molecule has 19 heavy (non-hydrogen) atoms. The van der Waals surface area contributed by atoms with E-state index in [1.165, 1.54) is 4.88 Å². The number of amides is 1. The Bertz CT molecular complexity index is 417. The second-order valence-corrected chi connectivity index (χ2v) is 6.76. The molecule has 0 radical (unpaired) electrons. The van der Waals surface area contributed by atoms with E-state index in [1.807, 2.05) is 0 Å². The molecule has 1 amide bonds. The third-order valence-corrected chi connectivity index (χ3v) is 5.50. The van der Waals surface area contributed by atoms with Crippen LogP contribution in [0, 0.1) is 11.8 Å². The zero-order valence-corrected chi connectivity index (χ0v) is 12.2. The van der Waals surface area contributed by atoms with Crippen LogP contribution in [0.3, 0.4) is 0 Å². The number of hydrogen-bond acceptors (Lipinski definition) is 3. The van der Waals surface area contributed by atoms with Gasteiger partial charge in [-0.3, -0.25) is 4.79 Å². The molecule has 0 aromatic carbocycles. The van der Waals surface area contributed by atoms with Crippen molar-refractivity contribution in [2.24, 2.45) is 11.8 Å². The van der Waals surface area contributed by atoms with E-state index in [-0.39, 0.29) is 0 Å². The van der Waals surface area contributed by atoms with Gasteiger partial charge in [0.1, 0.15) is 0 Å². The van der Waals surface area contributed by atoms with E-state index in [0.717, 1.165) is 32.4 Å². The Hall–Kier alpha value is -0.870. The molecule has 104 valence electrons. The Balaban J connectivity index is 1.48. The molecule has 1 aliphatic carbocycles. The van der Waals surface area contributed by atoms with Crippen LogP contribution >= 0.6 is 11.3 Å². The molecule has 4 heteroatoms. The molecule has 3 rings (SSSR count). The van der Waals surface area contributed by atoms with Gasteiger partial charge >= 0.3 is 0 Å². The normalized spacial score (nSPS) is 29.7. The number of hydrogen-bond donors (Lipinski definition) is 0. The van der Waals surface area contributed by atoms with E-state index in [9.17, 15) is 4.79 Å². The summed E-state index contributed by atoms with van der Waals surface area (Å²) < 4.78 is 5.44. The van der Waals surface area contributed by atoms with Crippen LogP contribution in [0.5, 0.6) is 0 Å². The number of carbonyl (C=O) groups excluding carboxylic acids is 1. The minimum atomic E-state index is 0.330. The van der Waals surface area contributed by atoms with Crippen molar-refractivity contribution in [1.82, 2.24) is 4.90 Å². The van der Waals surface area contributed by atoms with E-state index < -0.39 is 0 Å². The number of thiophene rings is 1. The van der Waals surface area contributed by atoms with Crippen LogP contribution in [0.4, 0.5) is 0 Å². The Labute approximate surface area is 118 Å². The van der Waals surface area contributed by atoms with Gasteiger partial charge in [0.05, 0.1) is 6.10 Å². The lowest BCUT2D eigenvalue weighted by Gasteiger charge is -2.18. The highest BCUT2D eigenvalue weighted by atomic mass is 32.1. The summed E-state index contributed by atoms with van der Waals surface area (Å²) in [6.07, 6.45) is 4.25. The standard InChI is InChI=1S/C15H21NO2S/c1-18-13-7-11-9-16(10-12(11)8-13)15(17)5-4-14-3-2-6-19-14/h2-3,6,11-13H,4-5,7-10H2,1H3/t11-,12+,13?. The molecule has 2 aliphatic rings. The zero-order valence-electron chi connectivity index (χ0n) is 11.4. The average Bonchev–Trinajstić information content (AvgIpc) is 3.10. The average molecular weight is 279 g/mol. The van der Waals surface area contributed by atoms with E-state index in [2.05, 4.69) is 22.4 Å². The molecule has 0 spiro atoms. The maximum absolute atomic E-state index is 12.2. The molecular formula is C15H21NO2S. The summed E-state index contributed by atoms with van der Waals surface area (Å²) in [6.45, 7) is 1.90. The van der Waals surface area contributed by atoms with Gasteiger partial charge in [-0.2, -0.15) is 0 Å². The van der Waals surface area contributed by atoms with Gasteiger partial charge in [0.25, 0.3) is 0 Å². The predicted molar refractivity (Wildman–Crippen MR) is 76.2 cm³/mol. The lowest BCUT2D eigenvalue weighted by molar-refractivity contribution is -0.130. The van der Waals surface area contributed by atoms with Crippen molar-refractivity contribution in [2.45, 2.75) is 31.8 Å². The van der Waals surface area contributed by atoms with Crippen LogP contribution in [0.25, 0.3) is 0 Å². The summed E-state index contributed by atoms with van der Waals surface area (Å²) in [4.78, 5) is 15.6. The molecule has 1 saturated heterocycles. The fourth-order valence-corrected chi connectivity index (χ4v) is 4.19. The third-order valence-electron chi connectivity index (χ3n) is 4.56. The summed E-state index contributed by atoms with van der Waals surface area (Å²) in [5.74, 6) is 1.68. The highest BCUT2D eigenvalue weighted by Gasteiger charge is 2.42. The fraction of sp³-hybridized carbons (Fsp3) is 0.667. The molecule has 3 atom stereocenters. The maximum atomic E-state index is 12.2. The molecule has 1 aromatic heterocycles. The molecule has 1 aliphatic heterocycles. The van der Waals surface area contributed by atoms with Gasteiger partial charge in [0, 0.05) is 31.5 Å². The van der Waals surface area contributed by atoms with Crippen molar-refractivity contribution in [3.63, 3.8) is 0 Å². The number of likely N-dealkylation sites (tertiary alicyclic amines) is 1. The molecule has 0 N–H and O–H groups in total. The molecule has 1 aromatic rings. The van der Waals surface area contributed by atoms with Gasteiger partial charge in [-0.15, -0.1) is 11.3 Å². The van der Waals surface area contributed by atoms with Crippen LogP contribution in [0.1, 0.15) is 24.1 Å². The first-order chi connectivity index (χ1) is 9.26. The first kappa shape index (κ1) is 13.1. The maximum Gasteiger partial charge on any atom is 0.222 e. The van der Waals surface area contributed by atoms with E-state index in [1.54, 1.807) is 18.4 Å². The van der Waals surface area contributed by atoms with Gasteiger partial charge in [-0.05, 0) is 42.5 Å². The van der Waals surface area contributed by atoms with Gasteiger partial charge in [0.15, 0.2) is 0 Å². The van der Waals surface area contributed by atoms with Crippen molar-refractivity contribution >= 4 is 17.2 Å². The Morgan fingerprint density at radius 2 is 2.16 bits per heavy atom. The van der Waals surface area contributed by atoms with Crippen LogP contribution in [0.15, 0.2) is 17.5 Å². The largest absolute Gasteiger partial charge is 0.381 e. The molecular weight excluding hydrogens is 258 g/mol. The van der Waals surface area contributed by atoms with E-state index in [0.29, 0.717) is 30.3 Å². The van der Waals surface area contributed by atoms with Crippen LogP contribution in [-0.4, -0.2) is 37.1 Å². The van der Waals surface area contributed by atoms with E-state index in [4.69, 9.17) is 4.74 Å². The molecule has 2 fully saturated rings. The Kier molecular flexibility index (Phi) is 3.89. The molecule has 0 bridgehead atoms. The van der Waals surface area contributed by atoms with Gasteiger partial charge in [0.2, 0.25) is 5.91 Å². The number of rotatable bonds is 4. The molecule has 1 saturated carbocycles. The number of ether oxygens (including phenoxy) is 1. The number of aryl methyl sites for hydroxylation is 1. The Morgan fingerprint density at radius 1 is 1.42 bits per heavy atom. The monoisotopic (exact) mass is 279 g/mol. The summed E-state index contributed by atoms with van der Waals surface area (Å²) in [5, 5.41) is 2.07. The van der Waals surface area contributed by atoms with Crippen LogP contribution < -0.4 is 0 Å². The minimum Gasteiger partial charge on any atom is -0.381 e. The van der Waals surface area contributed by atoms with E-state index >= 15 is 0 Å². The molecule has 2 heterocycles. The summed E-state index contributed by atoms with van der Waals surface area (Å²) in [5.41, 5.74) is 0. The SMILES string of the molecule is COC1C[C@@H]2CN(C(=O)CCc3cccs3)C[C@@H]2C1. The van der Waals surface area contributed by atoms with Gasteiger partial charge < -0.3 is 9.64 Å². The van der Waals surface area contributed by atoms with Crippen molar-refractivity contribution in [3.05, 3.63) is 22.4 Å². The van der Waals surface area contributed by atoms with Gasteiger partial charge in [-0.25, -0.2) is 0 Å². The van der Waals surface area contributed by atoms with Crippen LogP contribution in [0.2, 0.25) is 0 Å². The van der Waals surface area contributed by atoms with Crippen molar-refractivity contribution in [2.75, 3.05) is 20.2 Å². The smallest absolute Gasteiger partial charge is 0.222 e. The van der Waals surface area contributed by atoms with Crippen LogP contribution in [-0.2, 0) is 16.0 Å². The lowest BCUT2D eigenvalue weighted by atomic mass is 10.0. The molecule has 1 unspecified atom stereocenters. The Morgan fingerprint density at radius 3 is 2.74 bits per heavy atom. The first-order valence-corrected chi connectivity index (χ1v) is 7.97. The summed E-state index contributed by atoms with van der Waals surface area (Å²) in [6, 6.07) is 4.16. The summed E-state index contributed by atoms with van der Waals surface area (Å²) in [7, 11) is 1.80. The summed E-state index contributed by atoms with van der Waals surface area (Å²) >= 11 is 1.74. The van der Waals surface area contributed by atoms with Crippen molar-refractivity contribution in [1.29, 1.82) is 0 Å². The zero-order chi connectivity index (χ0) is 13.2. The van der Waals surface area contributed by atoms with Crippen molar-refractivity contribution in [3.8, 4) is 0 Å². The predicted octanol–water partition coefficient (Wildman–Crippen LogP) is 2.56. The second-order valence-electron chi connectivity index (χ2n) is 5.73. The number of carbonyl (C=O) groups is 1. The second kappa shape index (κ2) is 5.63. The van der Waals surface area contributed by atoms with Gasteiger partial charge in [-0.1, -0.05) is 6.07 Å². The quantitative estimate of drug-likeness (QED) is 0.848. The van der Waals surface area contributed by atoms with Crippen molar-refractivity contribution < 1.29 is 9.53 Å².